The molecule has 37 heavy (non-hydrogen) atoms. The summed E-state index contributed by atoms with van der Waals surface area (Å²) in [4.78, 5) is 0. The first-order valence-corrected chi connectivity index (χ1v) is 16.2. The zero-order valence-electron chi connectivity index (χ0n) is 25.4. The Morgan fingerprint density at radius 1 is 0.703 bits per heavy atom. The van der Waals surface area contributed by atoms with Gasteiger partial charge in [-0.05, 0) is 109 Å². The number of allylic oxidation sites excluding steroid dienone is 4. The minimum absolute atomic E-state index is 0.268. The predicted octanol–water partition coefficient (Wildman–Crippen LogP) is 8.70. The van der Waals surface area contributed by atoms with Gasteiger partial charge in [-0.1, -0.05) is 80.2 Å². The second-order valence-corrected chi connectivity index (χ2v) is 19.0. The van der Waals surface area contributed by atoms with Crippen LogP contribution < -0.4 is 20.1 Å². The Morgan fingerprint density at radius 2 is 1.08 bits per heavy atom. The van der Waals surface area contributed by atoms with Crippen LogP contribution in [0.15, 0.2) is 48.1 Å². The molecule has 3 rings (SSSR count). The highest BCUT2D eigenvalue weighted by Crippen LogP contribution is 2.65. The van der Waals surface area contributed by atoms with Crippen LogP contribution in [0.3, 0.4) is 0 Å². The fraction of sp³-hybridized carbons (Fsp3) is 0.515. The van der Waals surface area contributed by atoms with Crippen LogP contribution in [0, 0.1) is 27.7 Å². The van der Waals surface area contributed by atoms with E-state index in [0.29, 0.717) is 11.3 Å². The molecule has 0 bridgehead atoms. The van der Waals surface area contributed by atoms with Crippen molar-refractivity contribution in [2.24, 2.45) is 0 Å². The topological polar surface area (TPSA) is 18.5 Å². The largest absolute Gasteiger partial charge is 0.496 e. The Balaban J connectivity index is 2.22. The lowest BCUT2D eigenvalue weighted by Gasteiger charge is -2.47. The number of hydrogen-bond acceptors (Lipinski definition) is 2. The van der Waals surface area contributed by atoms with Crippen molar-refractivity contribution >= 4 is 26.5 Å². The molecule has 0 radical (unpaired) electrons. The van der Waals surface area contributed by atoms with E-state index in [0.717, 1.165) is 11.5 Å². The van der Waals surface area contributed by atoms with Crippen molar-refractivity contribution < 1.29 is 9.47 Å². The summed E-state index contributed by atoms with van der Waals surface area (Å²) in [5, 5.41) is 3.37. The van der Waals surface area contributed by atoms with Crippen LogP contribution >= 0.6 is 15.8 Å². The maximum atomic E-state index is 5.74. The van der Waals surface area contributed by atoms with Gasteiger partial charge in [-0.25, -0.2) is 0 Å². The summed E-state index contributed by atoms with van der Waals surface area (Å²) in [5.74, 6) is 1.99. The molecule has 0 amide bonds. The summed E-state index contributed by atoms with van der Waals surface area (Å²) in [6, 6.07) is 9.49. The fourth-order valence-corrected chi connectivity index (χ4v) is 14.8. The quantitative estimate of drug-likeness (QED) is 0.328. The standard InChI is InChI=1S/C33H48O2P2/c1-21-17-26(18-22(2)30(21)34-12)36(27-19-23(3)31(35-13)24(4)20-27)29-16-14-15-28(29)25(5)37(32(6,7)8)33(9,10)11/h14-20,25,29H,1-13H3. The zero-order valence-corrected chi connectivity index (χ0v) is 27.2. The molecule has 2 aromatic rings. The van der Waals surface area contributed by atoms with Gasteiger partial charge in [-0.2, -0.15) is 0 Å². The molecule has 1 aliphatic rings. The molecule has 0 saturated carbocycles. The number of aryl methyl sites for hydroxylation is 4. The molecular weight excluding hydrogens is 490 g/mol. The van der Waals surface area contributed by atoms with E-state index in [1.165, 1.54) is 32.9 Å². The molecule has 0 spiro atoms. The van der Waals surface area contributed by atoms with Gasteiger partial charge < -0.3 is 9.47 Å². The van der Waals surface area contributed by atoms with Crippen molar-refractivity contribution in [1.82, 2.24) is 0 Å². The average molecular weight is 539 g/mol. The van der Waals surface area contributed by atoms with Crippen molar-refractivity contribution in [3.05, 3.63) is 70.3 Å². The summed E-state index contributed by atoms with van der Waals surface area (Å²) in [6.07, 6.45) is 7.22. The van der Waals surface area contributed by atoms with Gasteiger partial charge in [0.15, 0.2) is 0 Å². The molecular formula is C33H48O2P2. The van der Waals surface area contributed by atoms with Crippen LogP contribution in [0.1, 0.15) is 70.7 Å². The summed E-state index contributed by atoms with van der Waals surface area (Å²) >= 11 is 0. The molecule has 2 atom stereocenters. The van der Waals surface area contributed by atoms with Crippen LogP contribution in [0.4, 0.5) is 0 Å². The monoisotopic (exact) mass is 538 g/mol. The summed E-state index contributed by atoms with van der Waals surface area (Å²) < 4.78 is 11.5. The Bertz CT molecular complexity index is 1070. The lowest BCUT2D eigenvalue weighted by Crippen LogP contribution is -2.33. The summed E-state index contributed by atoms with van der Waals surface area (Å²) in [6.45, 7) is 25.8. The highest BCUT2D eigenvalue weighted by Gasteiger charge is 2.42. The number of methoxy groups -OCH3 is 2. The SMILES string of the molecule is COc1c(C)cc(P(c2cc(C)c(OC)c(C)c2)C2C=CC=C2C(C)P(C(C)(C)C)C(C)(C)C)cc1C. The third-order valence-electron chi connectivity index (χ3n) is 7.37. The van der Waals surface area contributed by atoms with Crippen LogP contribution in [0.5, 0.6) is 11.5 Å². The van der Waals surface area contributed by atoms with Gasteiger partial charge in [0.2, 0.25) is 0 Å². The number of ether oxygens (including phenoxy) is 2. The van der Waals surface area contributed by atoms with Crippen molar-refractivity contribution in [3.8, 4) is 11.5 Å². The van der Waals surface area contributed by atoms with Gasteiger partial charge in [0.1, 0.15) is 11.5 Å². The molecule has 2 unspecified atom stereocenters. The minimum atomic E-state index is -0.676. The van der Waals surface area contributed by atoms with Gasteiger partial charge in [0, 0.05) is 5.66 Å². The Hall–Kier alpha value is -1.62. The molecule has 0 N–H and O–H groups in total. The number of benzene rings is 2. The van der Waals surface area contributed by atoms with Gasteiger partial charge in [-0.15, -0.1) is 0 Å². The fourth-order valence-electron chi connectivity index (χ4n) is 6.67. The Labute approximate surface area is 229 Å². The number of hydrogen-bond donors (Lipinski definition) is 0. The van der Waals surface area contributed by atoms with Gasteiger partial charge in [0.25, 0.3) is 0 Å². The minimum Gasteiger partial charge on any atom is -0.496 e. The third kappa shape index (κ3) is 6.18. The molecule has 1 aliphatic carbocycles. The van der Waals surface area contributed by atoms with Crippen LogP contribution in [-0.4, -0.2) is 35.8 Å². The first kappa shape index (κ1) is 29.9. The summed E-state index contributed by atoms with van der Waals surface area (Å²) in [7, 11) is 2.59. The maximum absolute atomic E-state index is 5.74. The second-order valence-electron chi connectivity index (χ2n) is 12.5. The molecule has 0 aliphatic heterocycles. The van der Waals surface area contributed by atoms with Crippen molar-refractivity contribution in [3.63, 3.8) is 0 Å². The smallest absolute Gasteiger partial charge is 0.124 e. The van der Waals surface area contributed by atoms with Gasteiger partial charge in [0.05, 0.1) is 14.2 Å². The first-order chi connectivity index (χ1) is 17.1. The van der Waals surface area contributed by atoms with E-state index in [1.807, 2.05) is 0 Å². The lowest BCUT2D eigenvalue weighted by atomic mass is 10.1. The molecule has 0 aromatic heterocycles. The zero-order chi connectivity index (χ0) is 27.9. The highest BCUT2D eigenvalue weighted by molar-refractivity contribution is 7.74. The van der Waals surface area contributed by atoms with Crippen LogP contribution in [0.2, 0.25) is 0 Å². The van der Waals surface area contributed by atoms with Crippen LogP contribution in [-0.2, 0) is 0 Å². The van der Waals surface area contributed by atoms with E-state index in [-0.39, 0.29) is 18.2 Å². The van der Waals surface area contributed by atoms with E-state index in [9.17, 15) is 0 Å². The van der Waals surface area contributed by atoms with E-state index in [1.54, 1.807) is 19.8 Å². The molecule has 202 valence electrons. The average Bonchev–Trinajstić information content (AvgIpc) is 3.21. The van der Waals surface area contributed by atoms with Crippen LogP contribution in [0.25, 0.3) is 0 Å². The second kappa shape index (κ2) is 11.2. The first-order valence-electron chi connectivity index (χ1n) is 13.4. The Kier molecular flexibility index (Phi) is 9.09. The maximum Gasteiger partial charge on any atom is 0.124 e. The van der Waals surface area contributed by atoms with Crippen molar-refractivity contribution in [2.45, 2.75) is 97.8 Å². The molecule has 4 heteroatoms. The normalized spacial score (nSPS) is 16.9. The third-order valence-corrected chi connectivity index (χ3v) is 14.0. The molecule has 0 heterocycles. The Morgan fingerprint density at radius 3 is 1.41 bits per heavy atom. The molecule has 2 aromatic carbocycles. The highest BCUT2D eigenvalue weighted by atomic mass is 31.1. The number of rotatable bonds is 7. The van der Waals surface area contributed by atoms with Crippen molar-refractivity contribution in [1.29, 1.82) is 0 Å². The molecule has 0 fully saturated rings. The van der Waals surface area contributed by atoms with E-state index >= 15 is 0 Å². The predicted molar refractivity (Wildman–Crippen MR) is 168 cm³/mol. The molecule has 0 saturated heterocycles. The van der Waals surface area contributed by atoms with E-state index in [2.05, 4.69) is 119 Å². The van der Waals surface area contributed by atoms with Gasteiger partial charge >= 0.3 is 0 Å². The van der Waals surface area contributed by atoms with E-state index < -0.39 is 7.92 Å². The molecule has 2 nitrogen and oxygen atoms in total. The van der Waals surface area contributed by atoms with Crippen molar-refractivity contribution in [2.75, 3.05) is 14.2 Å². The van der Waals surface area contributed by atoms with E-state index in [4.69, 9.17) is 9.47 Å². The lowest BCUT2D eigenvalue weighted by molar-refractivity contribution is 0.408. The van der Waals surface area contributed by atoms with Gasteiger partial charge in [-0.3, -0.25) is 0 Å². The summed E-state index contributed by atoms with van der Waals surface area (Å²) in [5.41, 5.74) is 7.33.